The Morgan fingerprint density at radius 2 is 2.00 bits per heavy atom. The number of rotatable bonds is 4. The van der Waals surface area contributed by atoms with Crippen molar-refractivity contribution in [3.63, 3.8) is 0 Å². The largest absolute Gasteiger partial charge is 0.449 e. The number of nitrogens with zero attached hydrogens (tertiary/aromatic N) is 1. The highest BCUT2D eigenvalue weighted by Gasteiger charge is 2.20. The SMILES string of the molecule is C[C@H](OC(=O)c1cnc(Cl)c(Cl)c1)C(=O)Nc1ccccc1F. The zero-order chi connectivity index (χ0) is 17.0. The summed E-state index contributed by atoms with van der Waals surface area (Å²) in [6, 6.07) is 6.93. The van der Waals surface area contributed by atoms with Crippen LogP contribution in [0.15, 0.2) is 36.5 Å². The summed E-state index contributed by atoms with van der Waals surface area (Å²) in [6.07, 6.45) is 0.0365. The van der Waals surface area contributed by atoms with Gasteiger partial charge in [0.25, 0.3) is 5.91 Å². The zero-order valence-electron chi connectivity index (χ0n) is 11.8. The molecule has 5 nitrogen and oxygen atoms in total. The number of ether oxygens (including phenoxy) is 1. The van der Waals surface area contributed by atoms with E-state index in [1.54, 1.807) is 6.07 Å². The summed E-state index contributed by atoms with van der Waals surface area (Å²) >= 11 is 11.4. The molecule has 1 aromatic carbocycles. The number of hydrogen-bond donors (Lipinski definition) is 1. The lowest BCUT2D eigenvalue weighted by molar-refractivity contribution is -0.123. The number of nitrogens with one attached hydrogen (secondary N) is 1. The second-order valence-corrected chi connectivity index (χ2v) is 5.28. The van der Waals surface area contributed by atoms with E-state index >= 15 is 0 Å². The summed E-state index contributed by atoms with van der Waals surface area (Å²) in [4.78, 5) is 27.6. The van der Waals surface area contributed by atoms with Gasteiger partial charge in [0.05, 0.1) is 16.3 Å². The van der Waals surface area contributed by atoms with Gasteiger partial charge in [-0.15, -0.1) is 0 Å². The molecule has 0 spiro atoms. The van der Waals surface area contributed by atoms with Gasteiger partial charge >= 0.3 is 5.97 Å². The van der Waals surface area contributed by atoms with E-state index < -0.39 is 23.8 Å². The molecular formula is C15H11Cl2FN2O3. The Kier molecular flexibility index (Phi) is 5.52. The minimum absolute atomic E-state index is 0.00315. The van der Waals surface area contributed by atoms with Gasteiger partial charge in [0.1, 0.15) is 11.0 Å². The number of amides is 1. The van der Waals surface area contributed by atoms with Crippen molar-refractivity contribution in [1.29, 1.82) is 0 Å². The first-order valence-corrected chi connectivity index (χ1v) is 7.21. The fourth-order valence-electron chi connectivity index (χ4n) is 1.61. The van der Waals surface area contributed by atoms with Gasteiger partial charge in [-0.1, -0.05) is 35.3 Å². The van der Waals surface area contributed by atoms with Gasteiger partial charge in [-0.2, -0.15) is 0 Å². The number of hydrogen-bond acceptors (Lipinski definition) is 4. The van der Waals surface area contributed by atoms with Crippen LogP contribution in [0.5, 0.6) is 0 Å². The van der Waals surface area contributed by atoms with Gasteiger partial charge in [0, 0.05) is 6.20 Å². The van der Waals surface area contributed by atoms with E-state index in [0.717, 1.165) is 0 Å². The highest BCUT2D eigenvalue weighted by molar-refractivity contribution is 6.41. The number of pyridine rings is 1. The summed E-state index contributed by atoms with van der Waals surface area (Å²) in [5.41, 5.74) is 0.0431. The minimum Gasteiger partial charge on any atom is -0.449 e. The molecule has 0 saturated carbocycles. The molecule has 1 amide bonds. The molecule has 0 aliphatic heterocycles. The van der Waals surface area contributed by atoms with Gasteiger partial charge in [0.2, 0.25) is 0 Å². The molecule has 0 fully saturated rings. The van der Waals surface area contributed by atoms with Crippen LogP contribution in [0.2, 0.25) is 10.2 Å². The van der Waals surface area contributed by atoms with E-state index in [4.69, 9.17) is 27.9 Å². The van der Waals surface area contributed by atoms with Crippen LogP contribution >= 0.6 is 23.2 Å². The third-order valence-corrected chi connectivity index (χ3v) is 3.50. The quantitative estimate of drug-likeness (QED) is 0.669. The maximum absolute atomic E-state index is 13.5. The third kappa shape index (κ3) is 4.40. The number of carbonyl (C=O) groups excluding carboxylic acids is 2. The van der Waals surface area contributed by atoms with Gasteiger partial charge in [-0.25, -0.2) is 14.2 Å². The highest BCUT2D eigenvalue weighted by atomic mass is 35.5. The summed E-state index contributed by atoms with van der Waals surface area (Å²) in [5, 5.41) is 2.47. The van der Waals surface area contributed by atoms with Crippen LogP contribution in [-0.2, 0) is 9.53 Å². The summed E-state index contributed by atoms with van der Waals surface area (Å²) < 4.78 is 18.5. The van der Waals surface area contributed by atoms with Gasteiger partial charge in [-0.05, 0) is 25.1 Å². The Bertz CT molecular complexity index is 755. The van der Waals surface area contributed by atoms with Crippen LogP contribution in [0, 0.1) is 5.82 Å². The molecule has 0 bridgehead atoms. The Labute approximate surface area is 141 Å². The maximum atomic E-state index is 13.5. The Hall–Kier alpha value is -2.18. The van der Waals surface area contributed by atoms with Crippen molar-refractivity contribution in [3.05, 3.63) is 58.1 Å². The number of para-hydroxylation sites is 1. The van der Waals surface area contributed by atoms with Crippen LogP contribution in [-0.4, -0.2) is 23.0 Å². The maximum Gasteiger partial charge on any atom is 0.340 e. The van der Waals surface area contributed by atoms with E-state index in [9.17, 15) is 14.0 Å². The fraction of sp³-hybridized carbons (Fsp3) is 0.133. The topological polar surface area (TPSA) is 68.3 Å². The second-order valence-electron chi connectivity index (χ2n) is 4.51. The van der Waals surface area contributed by atoms with Crippen molar-refractivity contribution in [2.75, 3.05) is 5.32 Å². The normalized spacial score (nSPS) is 11.7. The molecule has 1 N–H and O–H groups in total. The minimum atomic E-state index is -1.14. The number of halogens is 3. The Balaban J connectivity index is 2.01. The number of anilines is 1. The molecule has 1 atom stereocenters. The zero-order valence-corrected chi connectivity index (χ0v) is 13.4. The van der Waals surface area contributed by atoms with E-state index in [0.29, 0.717) is 0 Å². The number of esters is 1. The van der Waals surface area contributed by atoms with E-state index in [2.05, 4.69) is 10.3 Å². The summed E-state index contributed by atoms with van der Waals surface area (Å²) in [6.45, 7) is 1.36. The average Bonchev–Trinajstić information content (AvgIpc) is 2.52. The molecule has 2 aromatic rings. The van der Waals surface area contributed by atoms with Crippen molar-refractivity contribution in [2.24, 2.45) is 0 Å². The van der Waals surface area contributed by atoms with Gasteiger partial charge in [0.15, 0.2) is 6.10 Å². The monoisotopic (exact) mass is 356 g/mol. The van der Waals surface area contributed by atoms with Crippen molar-refractivity contribution in [3.8, 4) is 0 Å². The molecule has 1 aromatic heterocycles. The number of carbonyl (C=O) groups is 2. The molecule has 0 aliphatic carbocycles. The van der Waals surface area contributed by atoms with E-state index in [-0.39, 0.29) is 21.4 Å². The molecule has 0 saturated heterocycles. The molecule has 0 radical (unpaired) electrons. The second kappa shape index (κ2) is 7.39. The Morgan fingerprint density at radius 1 is 1.30 bits per heavy atom. The van der Waals surface area contributed by atoms with Gasteiger partial charge in [-0.3, -0.25) is 4.79 Å². The predicted molar refractivity (Wildman–Crippen MR) is 84.2 cm³/mol. The number of aromatic nitrogens is 1. The van der Waals surface area contributed by atoms with Crippen LogP contribution in [0.4, 0.5) is 10.1 Å². The van der Waals surface area contributed by atoms with Crippen molar-refractivity contribution >= 4 is 40.8 Å². The van der Waals surface area contributed by atoms with Crippen LogP contribution < -0.4 is 5.32 Å². The molecule has 0 unspecified atom stereocenters. The summed E-state index contributed by atoms with van der Waals surface area (Å²) in [7, 11) is 0. The average molecular weight is 357 g/mol. The molecule has 1 heterocycles. The predicted octanol–water partition coefficient (Wildman–Crippen LogP) is 3.71. The van der Waals surface area contributed by atoms with Crippen LogP contribution in [0.3, 0.4) is 0 Å². The first kappa shape index (κ1) is 17.2. The molecule has 0 aliphatic rings. The van der Waals surface area contributed by atoms with E-state index in [1.807, 2.05) is 0 Å². The third-order valence-electron chi connectivity index (χ3n) is 2.82. The van der Waals surface area contributed by atoms with Gasteiger partial charge < -0.3 is 10.1 Å². The molecule has 23 heavy (non-hydrogen) atoms. The van der Waals surface area contributed by atoms with Crippen LogP contribution in [0.1, 0.15) is 17.3 Å². The Morgan fingerprint density at radius 3 is 2.65 bits per heavy atom. The fourth-order valence-corrected chi connectivity index (χ4v) is 1.88. The number of benzene rings is 1. The smallest absolute Gasteiger partial charge is 0.340 e. The van der Waals surface area contributed by atoms with Crippen LogP contribution in [0.25, 0.3) is 0 Å². The van der Waals surface area contributed by atoms with E-state index in [1.165, 1.54) is 37.4 Å². The molecule has 2 rings (SSSR count). The highest BCUT2D eigenvalue weighted by Crippen LogP contribution is 2.20. The molecule has 8 heteroatoms. The lowest BCUT2D eigenvalue weighted by atomic mass is 10.2. The summed E-state index contributed by atoms with van der Waals surface area (Å²) in [5.74, 6) is -2.06. The standard InChI is InChI=1S/C15H11Cl2FN2O3/c1-8(14(21)20-12-5-3-2-4-11(12)18)23-15(22)9-6-10(16)13(17)19-7-9/h2-8H,1H3,(H,20,21)/t8-/m0/s1. The van der Waals surface area contributed by atoms with Crippen molar-refractivity contribution < 1.29 is 18.7 Å². The first-order valence-electron chi connectivity index (χ1n) is 6.46. The van der Waals surface area contributed by atoms with Crippen molar-refractivity contribution in [2.45, 2.75) is 13.0 Å². The first-order chi connectivity index (χ1) is 10.9. The van der Waals surface area contributed by atoms with Crippen molar-refractivity contribution in [1.82, 2.24) is 4.98 Å². The molecular weight excluding hydrogens is 346 g/mol. The lowest BCUT2D eigenvalue weighted by Crippen LogP contribution is -2.30. The molecule has 120 valence electrons. The lowest BCUT2D eigenvalue weighted by Gasteiger charge is -2.14.